The van der Waals surface area contributed by atoms with Gasteiger partial charge in [0.1, 0.15) is 0 Å². The van der Waals surface area contributed by atoms with Gasteiger partial charge in [0.2, 0.25) is 17.7 Å². The number of benzene rings is 1. The molecule has 0 spiro atoms. The summed E-state index contributed by atoms with van der Waals surface area (Å²) < 4.78 is 5.67. The van der Waals surface area contributed by atoms with Crippen LogP contribution in [-0.2, 0) is 4.74 Å². The molecule has 2 aromatic rings. The Labute approximate surface area is 176 Å². The second-order valence-electron chi connectivity index (χ2n) is 6.36. The van der Waals surface area contributed by atoms with E-state index in [1.807, 2.05) is 43.0 Å². The van der Waals surface area contributed by atoms with Crippen molar-refractivity contribution >= 4 is 46.2 Å². The van der Waals surface area contributed by atoms with Crippen LogP contribution in [0.3, 0.4) is 0 Å². The summed E-state index contributed by atoms with van der Waals surface area (Å²) in [5.41, 5.74) is 0.807. The third-order valence-electron chi connectivity index (χ3n) is 4.33. The van der Waals surface area contributed by atoms with Crippen molar-refractivity contribution in [3.63, 3.8) is 0 Å². The van der Waals surface area contributed by atoms with Crippen LogP contribution in [0.1, 0.15) is 23.8 Å². The lowest BCUT2D eigenvalue weighted by molar-refractivity contribution is 0.328. The first kappa shape index (κ1) is 19.7. The van der Waals surface area contributed by atoms with Gasteiger partial charge in [0.25, 0.3) is 0 Å². The average molecular weight is 428 g/mol. The molecule has 3 heterocycles. The molecule has 29 heavy (non-hydrogen) atoms. The predicted molar refractivity (Wildman–Crippen MR) is 120 cm³/mol. The first-order valence-electron chi connectivity index (χ1n) is 9.29. The van der Waals surface area contributed by atoms with Crippen molar-refractivity contribution in [2.45, 2.75) is 18.6 Å². The van der Waals surface area contributed by atoms with Crippen LogP contribution < -0.4 is 15.9 Å². The monoisotopic (exact) mass is 427 g/mol. The number of hydrogen-bond acceptors (Lipinski definition) is 7. The predicted octanol–water partition coefficient (Wildman–Crippen LogP) is 2.51. The number of ether oxygens (including phenoxy) is 1. The minimum Gasteiger partial charge on any atom is -0.492 e. The van der Waals surface area contributed by atoms with Gasteiger partial charge in [-0.1, -0.05) is 23.5 Å². The molecule has 0 amide bonds. The van der Waals surface area contributed by atoms with Gasteiger partial charge in [-0.25, -0.2) is 4.99 Å². The second-order valence-corrected chi connectivity index (χ2v) is 8.60. The molecule has 7 nitrogen and oxygen atoms in total. The minimum atomic E-state index is 0.0243. The van der Waals surface area contributed by atoms with Crippen molar-refractivity contribution in [3.8, 4) is 5.88 Å². The number of allylic oxidation sites excluding steroid dienone is 1. The van der Waals surface area contributed by atoms with Crippen molar-refractivity contribution in [3.05, 3.63) is 50.7 Å². The van der Waals surface area contributed by atoms with Gasteiger partial charge in [0.15, 0.2) is 5.13 Å². The molecule has 0 saturated carbocycles. The van der Waals surface area contributed by atoms with Crippen LogP contribution in [0.25, 0.3) is 6.08 Å². The molecule has 2 N–H and O–H groups in total. The van der Waals surface area contributed by atoms with E-state index < -0.39 is 0 Å². The van der Waals surface area contributed by atoms with Crippen molar-refractivity contribution in [2.24, 2.45) is 15.0 Å². The Morgan fingerprint density at radius 1 is 1.38 bits per heavy atom. The number of guanidine groups is 1. The maximum Gasteiger partial charge on any atom is 0.248 e. The minimum absolute atomic E-state index is 0.0243. The molecule has 1 aromatic heterocycles. The van der Waals surface area contributed by atoms with Crippen LogP contribution in [-0.4, -0.2) is 47.4 Å². The zero-order valence-electron chi connectivity index (χ0n) is 16.1. The van der Waals surface area contributed by atoms with Crippen LogP contribution in [0.15, 0.2) is 44.7 Å². The Morgan fingerprint density at radius 2 is 2.28 bits per heavy atom. The van der Waals surface area contributed by atoms with Gasteiger partial charge in [-0.2, -0.15) is 9.98 Å². The Balaban J connectivity index is 1.61. The molecule has 1 unspecified atom stereocenters. The summed E-state index contributed by atoms with van der Waals surface area (Å²) in [7, 11) is 1.65. The summed E-state index contributed by atoms with van der Waals surface area (Å²) in [6.07, 6.45) is 5.13. The summed E-state index contributed by atoms with van der Waals surface area (Å²) in [5, 5.41) is 18.6. The molecule has 0 bridgehead atoms. The highest BCUT2D eigenvalue weighted by Gasteiger charge is 2.15. The van der Waals surface area contributed by atoms with Crippen LogP contribution in [0.5, 0.6) is 5.88 Å². The molecule has 1 aromatic carbocycles. The van der Waals surface area contributed by atoms with Gasteiger partial charge < -0.3 is 15.2 Å². The Morgan fingerprint density at radius 3 is 3.03 bits per heavy atom. The Bertz CT molecular complexity index is 1110. The molecule has 0 radical (unpaired) electrons. The molecule has 9 heteroatoms. The zero-order valence-corrected chi connectivity index (χ0v) is 17.8. The van der Waals surface area contributed by atoms with E-state index in [1.54, 1.807) is 7.05 Å². The fraction of sp³-hybridized carbons (Fsp3) is 0.300. The van der Waals surface area contributed by atoms with Crippen molar-refractivity contribution < 1.29 is 9.84 Å². The number of rotatable bonds is 5. The van der Waals surface area contributed by atoms with Gasteiger partial charge in [0, 0.05) is 18.8 Å². The van der Waals surface area contributed by atoms with E-state index in [-0.39, 0.29) is 5.88 Å². The first-order valence-corrected chi connectivity index (χ1v) is 11.1. The molecular weight excluding hydrogens is 406 g/mol. The van der Waals surface area contributed by atoms with E-state index in [0.717, 1.165) is 34.2 Å². The van der Waals surface area contributed by atoms with Crippen LogP contribution >= 0.6 is 23.1 Å². The third kappa shape index (κ3) is 4.51. The fourth-order valence-electron chi connectivity index (χ4n) is 2.95. The first-order chi connectivity index (χ1) is 14.2. The van der Waals surface area contributed by atoms with Gasteiger partial charge in [-0.05, 0) is 42.2 Å². The topological polar surface area (TPSA) is 91.5 Å². The van der Waals surface area contributed by atoms with E-state index in [2.05, 4.69) is 36.8 Å². The highest BCUT2D eigenvalue weighted by Crippen LogP contribution is 2.30. The summed E-state index contributed by atoms with van der Waals surface area (Å²) in [6, 6.07) is 5.80. The molecule has 0 saturated heterocycles. The van der Waals surface area contributed by atoms with E-state index >= 15 is 0 Å². The highest BCUT2D eigenvalue weighted by atomic mass is 32.2. The largest absolute Gasteiger partial charge is 0.492 e. The molecule has 0 fully saturated rings. The standard InChI is InChI=1S/C20H21N5O2S2/c1-3-27-18-14-9-12(6-7-15(14)23-19(21-2)25-18)10-16-17(26)24-20(29-16)22-11-13-5-4-8-28-13/h4,6-10,13,26H,3,5,11H2,1-2H3,(H,22,24). The number of fused-ring (bicyclic) bond motifs is 1. The summed E-state index contributed by atoms with van der Waals surface area (Å²) in [5.74, 6) is 0.923. The SMILES string of the molecule is CCOC1=NC(=NC)N=c2ccc(=Cc3sc(NCC4CC=CS4)nc3O)cc21. The number of nitrogens with one attached hydrogen (secondary N) is 1. The van der Waals surface area contributed by atoms with Crippen molar-refractivity contribution in [1.82, 2.24) is 4.98 Å². The van der Waals surface area contributed by atoms with E-state index in [4.69, 9.17) is 4.74 Å². The Kier molecular flexibility index (Phi) is 5.96. The summed E-state index contributed by atoms with van der Waals surface area (Å²) >= 11 is 3.25. The highest BCUT2D eigenvalue weighted by molar-refractivity contribution is 8.03. The number of aromatic nitrogens is 1. The maximum atomic E-state index is 10.3. The number of anilines is 1. The van der Waals surface area contributed by atoms with Crippen LogP contribution in [0, 0.1) is 0 Å². The van der Waals surface area contributed by atoms with E-state index in [9.17, 15) is 5.11 Å². The lowest BCUT2D eigenvalue weighted by atomic mass is 10.1. The molecule has 150 valence electrons. The zero-order chi connectivity index (χ0) is 20.2. The molecule has 0 aliphatic carbocycles. The summed E-state index contributed by atoms with van der Waals surface area (Å²) in [4.78, 5) is 17.8. The molecule has 2 aliphatic heterocycles. The van der Waals surface area contributed by atoms with Gasteiger partial charge in [-0.15, -0.1) is 11.8 Å². The summed E-state index contributed by atoms with van der Waals surface area (Å²) in [6.45, 7) is 3.24. The molecular formula is C20H21N5O2S2. The van der Waals surface area contributed by atoms with Crippen molar-refractivity contribution in [2.75, 3.05) is 25.5 Å². The molecule has 1 atom stereocenters. The third-order valence-corrected chi connectivity index (χ3v) is 6.38. The number of aromatic hydroxyl groups is 1. The van der Waals surface area contributed by atoms with Gasteiger partial charge in [0.05, 0.1) is 22.4 Å². The molecule has 2 aliphatic rings. The van der Waals surface area contributed by atoms with Crippen molar-refractivity contribution in [1.29, 1.82) is 0 Å². The van der Waals surface area contributed by atoms with Gasteiger partial charge >= 0.3 is 0 Å². The van der Waals surface area contributed by atoms with Crippen LogP contribution in [0.2, 0.25) is 0 Å². The quantitative estimate of drug-likeness (QED) is 0.765. The second kappa shape index (κ2) is 8.79. The number of thioether (sulfide) groups is 1. The average Bonchev–Trinajstić information content (AvgIpc) is 3.36. The number of thiazole rings is 1. The van der Waals surface area contributed by atoms with Gasteiger partial charge in [-0.3, -0.25) is 4.99 Å². The number of aliphatic imine (C=N–C) groups is 2. The van der Waals surface area contributed by atoms with E-state index in [0.29, 0.717) is 28.6 Å². The maximum absolute atomic E-state index is 10.3. The smallest absolute Gasteiger partial charge is 0.248 e. The lowest BCUT2D eigenvalue weighted by Crippen LogP contribution is -2.27. The Hall–Kier alpha value is -2.65. The normalized spacial score (nSPS) is 19.8. The number of hydrogen-bond donors (Lipinski definition) is 2. The fourth-order valence-corrected chi connectivity index (χ4v) is 4.62. The van der Waals surface area contributed by atoms with Crippen LogP contribution in [0.4, 0.5) is 5.13 Å². The number of nitrogens with zero attached hydrogens (tertiary/aromatic N) is 4. The van der Waals surface area contributed by atoms with E-state index in [1.165, 1.54) is 11.3 Å². The lowest BCUT2D eigenvalue weighted by Gasteiger charge is -2.11. The molecule has 4 rings (SSSR count).